The summed E-state index contributed by atoms with van der Waals surface area (Å²) in [6.45, 7) is 4.50. The molecule has 0 bridgehead atoms. The van der Waals surface area contributed by atoms with Gasteiger partial charge in [0.05, 0.1) is 0 Å². The lowest BCUT2D eigenvalue weighted by Crippen LogP contribution is -2.05. The average Bonchev–Trinajstić information content (AvgIpc) is 2.94. The topological polar surface area (TPSA) is 39.9 Å². The van der Waals surface area contributed by atoms with E-state index in [9.17, 15) is 0 Å². The summed E-state index contributed by atoms with van der Waals surface area (Å²) in [6, 6.07) is 14.0. The first-order chi connectivity index (χ1) is 12.0. The first-order valence-corrected chi connectivity index (χ1v) is 9.35. The number of rotatable bonds is 6. The van der Waals surface area contributed by atoms with Crippen molar-refractivity contribution in [3.8, 4) is 5.75 Å². The van der Waals surface area contributed by atoms with Crippen molar-refractivity contribution in [1.82, 2.24) is 14.8 Å². The van der Waals surface area contributed by atoms with Crippen LogP contribution in [0.25, 0.3) is 0 Å². The first kappa shape index (κ1) is 17.8. The number of aromatic nitrogens is 3. The number of thioether (sulfide) groups is 1. The Bertz CT molecular complexity index is 841. The van der Waals surface area contributed by atoms with Crippen LogP contribution < -0.4 is 4.74 Å². The minimum atomic E-state index is 0.400. The molecule has 0 radical (unpaired) electrons. The van der Waals surface area contributed by atoms with E-state index in [0.29, 0.717) is 6.61 Å². The van der Waals surface area contributed by atoms with Crippen molar-refractivity contribution in [2.24, 2.45) is 7.05 Å². The second kappa shape index (κ2) is 7.93. The molecular weight excluding hydrogens is 354 g/mol. The fraction of sp³-hybridized carbons (Fsp3) is 0.263. The molecule has 0 unspecified atom stereocenters. The fourth-order valence-corrected chi connectivity index (χ4v) is 3.50. The van der Waals surface area contributed by atoms with Gasteiger partial charge in [0.15, 0.2) is 11.0 Å². The van der Waals surface area contributed by atoms with Crippen LogP contribution in [-0.4, -0.2) is 14.8 Å². The van der Waals surface area contributed by atoms with Crippen LogP contribution in [0.15, 0.2) is 47.6 Å². The van der Waals surface area contributed by atoms with Gasteiger partial charge in [-0.2, -0.15) is 0 Å². The van der Waals surface area contributed by atoms with Gasteiger partial charge in [-0.15, -0.1) is 10.2 Å². The Balaban J connectivity index is 1.64. The number of benzene rings is 2. The van der Waals surface area contributed by atoms with Crippen molar-refractivity contribution in [2.75, 3.05) is 0 Å². The monoisotopic (exact) mass is 373 g/mol. The molecule has 1 heterocycles. The van der Waals surface area contributed by atoms with E-state index < -0.39 is 0 Å². The molecule has 3 rings (SSSR count). The standard InChI is InChI=1S/C19H20ClN3OS/c1-13-5-4-6-14(2)18(13)24-11-17-21-22-19(23(17)3)25-12-15-7-9-16(20)10-8-15/h4-10H,11-12H2,1-3H3. The molecule has 0 amide bonds. The highest BCUT2D eigenvalue weighted by Crippen LogP contribution is 2.25. The van der Waals surface area contributed by atoms with Gasteiger partial charge < -0.3 is 9.30 Å². The smallest absolute Gasteiger partial charge is 0.191 e. The number of hydrogen-bond donors (Lipinski definition) is 0. The summed E-state index contributed by atoms with van der Waals surface area (Å²) in [4.78, 5) is 0. The predicted octanol–water partition coefficient (Wildman–Crippen LogP) is 4.96. The third kappa shape index (κ3) is 4.35. The maximum atomic E-state index is 5.98. The van der Waals surface area contributed by atoms with Crippen molar-refractivity contribution < 1.29 is 4.74 Å². The molecular formula is C19H20ClN3OS. The summed E-state index contributed by atoms with van der Waals surface area (Å²) in [5.74, 6) is 2.54. The molecule has 25 heavy (non-hydrogen) atoms. The highest BCUT2D eigenvalue weighted by atomic mass is 35.5. The lowest BCUT2D eigenvalue weighted by atomic mass is 10.1. The van der Waals surface area contributed by atoms with E-state index in [1.807, 2.05) is 67.9 Å². The van der Waals surface area contributed by atoms with Gasteiger partial charge >= 0.3 is 0 Å². The van der Waals surface area contributed by atoms with Crippen molar-refractivity contribution in [3.05, 3.63) is 70.0 Å². The fourth-order valence-electron chi connectivity index (χ4n) is 2.49. The van der Waals surface area contributed by atoms with Crippen LogP contribution in [-0.2, 0) is 19.4 Å². The second-order valence-electron chi connectivity index (χ2n) is 5.88. The molecule has 2 aromatic carbocycles. The van der Waals surface area contributed by atoms with Crippen LogP contribution >= 0.6 is 23.4 Å². The molecule has 0 spiro atoms. The van der Waals surface area contributed by atoms with E-state index >= 15 is 0 Å². The van der Waals surface area contributed by atoms with Crippen LogP contribution in [0.3, 0.4) is 0 Å². The number of hydrogen-bond acceptors (Lipinski definition) is 4. The zero-order valence-corrected chi connectivity index (χ0v) is 16.1. The predicted molar refractivity (Wildman–Crippen MR) is 102 cm³/mol. The van der Waals surface area contributed by atoms with Crippen LogP contribution in [0.1, 0.15) is 22.5 Å². The van der Waals surface area contributed by atoms with Gasteiger partial charge in [0.2, 0.25) is 0 Å². The Morgan fingerprint density at radius 3 is 2.40 bits per heavy atom. The number of nitrogens with zero attached hydrogens (tertiary/aromatic N) is 3. The van der Waals surface area contributed by atoms with Crippen molar-refractivity contribution in [1.29, 1.82) is 0 Å². The summed E-state index contributed by atoms with van der Waals surface area (Å²) in [6.07, 6.45) is 0. The zero-order valence-electron chi connectivity index (χ0n) is 14.5. The maximum absolute atomic E-state index is 5.98. The van der Waals surface area contributed by atoms with Crippen molar-refractivity contribution >= 4 is 23.4 Å². The Morgan fingerprint density at radius 1 is 1.04 bits per heavy atom. The van der Waals surface area contributed by atoms with E-state index in [1.165, 1.54) is 5.56 Å². The number of halogens is 1. The molecule has 1 aromatic heterocycles. The molecule has 6 heteroatoms. The Morgan fingerprint density at radius 2 is 1.72 bits per heavy atom. The molecule has 0 N–H and O–H groups in total. The molecule has 0 aliphatic rings. The Labute approximate surface area is 157 Å². The van der Waals surface area contributed by atoms with E-state index in [1.54, 1.807) is 11.8 Å². The largest absolute Gasteiger partial charge is 0.485 e. The van der Waals surface area contributed by atoms with Crippen molar-refractivity contribution in [2.45, 2.75) is 31.4 Å². The molecule has 3 aromatic rings. The Kier molecular flexibility index (Phi) is 5.66. The SMILES string of the molecule is Cc1cccc(C)c1OCc1nnc(SCc2ccc(Cl)cc2)n1C. The maximum Gasteiger partial charge on any atom is 0.191 e. The van der Waals surface area contributed by atoms with Gasteiger partial charge in [-0.3, -0.25) is 0 Å². The second-order valence-corrected chi connectivity index (χ2v) is 7.26. The summed E-state index contributed by atoms with van der Waals surface area (Å²) < 4.78 is 7.96. The molecule has 130 valence electrons. The molecule has 0 fully saturated rings. The van der Waals surface area contributed by atoms with Crippen LogP contribution in [0.2, 0.25) is 5.02 Å². The van der Waals surface area contributed by atoms with Crippen molar-refractivity contribution in [3.63, 3.8) is 0 Å². The third-order valence-corrected chi connectivity index (χ3v) is 5.30. The number of ether oxygens (including phenoxy) is 1. The van der Waals surface area contributed by atoms with Crippen LogP contribution in [0.4, 0.5) is 0 Å². The minimum Gasteiger partial charge on any atom is -0.485 e. The summed E-state index contributed by atoms with van der Waals surface area (Å²) >= 11 is 7.56. The van der Waals surface area contributed by atoms with Crippen LogP contribution in [0.5, 0.6) is 5.75 Å². The summed E-state index contributed by atoms with van der Waals surface area (Å²) in [7, 11) is 1.97. The van der Waals surface area contributed by atoms with E-state index in [2.05, 4.69) is 10.2 Å². The van der Waals surface area contributed by atoms with Gasteiger partial charge in [0.25, 0.3) is 0 Å². The molecule has 0 aliphatic heterocycles. The van der Waals surface area contributed by atoms with Gasteiger partial charge in [0.1, 0.15) is 12.4 Å². The molecule has 0 saturated carbocycles. The molecule has 0 saturated heterocycles. The lowest BCUT2D eigenvalue weighted by molar-refractivity contribution is 0.286. The number of para-hydroxylation sites is 1. The van der Waals surface area contributed by atoms with E-state index in [4.69, 9.17) is 16.3 Å². The Hall–Kier alpha value is -1.98. The third-order valence-electron chi connectivity index (χ3n) is 3.96. The molecule has 0 aliphatic carbocycles. The molecule has 0 atom stereocenters. The summed E-state index contributed by atoms with van der Waals surface area (Å²) in [5, 5.41) is 10.2. The van der Waals surface area contributed by atoms with E-state index in [-0.39, 0.29) is 0 Å². The van der Waals surface area contributed by atoms with Crippen LogP contribution in [0, 0.1) is 13.8 Å². The summed E-state index contributed by atoms with van der Waals surface area (Å²) in [5.41, 5.74) is 3.45. The first-order valence-electron chi connectivity index (χ1n) is 7.99. The quantitative estimate of drug-likeness (QED) is 0.573. The highest BCUT2D eigenvalue weighted by Gasteiger charge is 2.11. The zero-order chi connectivity index (χ0) is 17.8. The van der Waals surface area contributed by atoms with Gasteiger partial charge in [-0.05, 0) is 42.7 Å². The van der Waals surface area contributed by atoms with Gasteiger partial charge in [-0.1, -0.05) is 53.7 Å². The number of aryl methyl sites for hydroxylation is 2. The normalized spacial score (nSPS) is 10.9. The highest BCUT2D eigenvalue weighted by molar-refractivity contribution is 7.98. The van der Waals surface area contributed by atoms with Gasteiger partial charge in [-0.25, -0.2) is 0 Å². The molecule has 4 nitrogen and oxygen atoms in total. The average molecular weight is 374 g/mol. The minimum absolute atomic E-state index is 0.400. The van der Waals surface area contributed by atoms with Gasteiger partial charge in [0, 0.05) is 17.8 Å². The lowest BCUT2D eigenvalue weighted by Gasteiger charge is -2.11. The van der Waals surface area contributed by atoms with E-state index in [0.717, 1.165) is 38.6 Å².